The van der Waals surface area contributed by atoms with E-state index in [1.165, 1.54) is 23.8 Å². The monoisotopic (exact) mass is 430 g/mol. The van der Waals surface area contributed by atoms with E-state index in [2.05, 4.69) is 55.1 Å². The Morgan fingerprint density at radius 2 is 2.14 bits per heavy atom. The number of thiazole rings is 1. The molecule has 0 saturated carbocycles. The minimum atomic E-state index is -0.118. The molecule has 1 aliphatic heterocycles. The number of rotatable bonds is 6. The van der Waals surface area contributed by atoms with Crippen LogP contribution in [0.15, 0.2) is 34.8 Å². The van der Waals surface area contributed by atoms with E-state index in [0.29, 0.717) is 24.1 Å². The number of benzene rings is 1. The van der Waals surface area contributed by atoms with Crippen molar-refractivity contribution in [3.05, 3.63) is 40.9 Å². The zero-order chi connectivity index (χ0) is 20.2. The molecule has 3 heterocycles. The van der Waals surface area contributed by atoms with Gasteiger partial charge in [0, 0.05) is 31.1 Å². The summed E-state index contributed by atoms with van der Waals surface area (Å²) >= 11 is 3.00. The van der Waals surface area contributed by atoms with Gasteiger partial charge in [-0.3, -0.25) is 9.36 Å². The lowest BCUT2D eigenvalue weighted by Gasteiger charge is -2.28. The van der Waals surface area contributed by atoms with E-state index in [9.17, 15) is 4.79 Å². The summed E-state index contributed by atoms with van der Waals surface area (Å²) < 4.78 is 7.59. The molecule has 1 aromatic carbocycles. The molecular weight excluding hydrogens is 408 g/mol. The number of ether oxygens (including phenoxy) is 1. The van der Waals surface area contributed by atoms with Gasteiger partial charge in [-0.25, -0.2) is 4.98 Å². The number of morpholine rings is 1. The van der Waals surface area contributed by atoms with Gasteiger partial charge < -0.3 is 15.0 Å². The second-order valence-electron chi connectivity index (χ2n) is 6.67. The Bertz CT molecular complexity index is 996. The van der Waals surface area contributed by atoms with Crippen LogP contribution in [0.1, 0.15) is 18.2 Å². The molecule has 0 spiro atoms. The molecule has 0 radical (unpaired) electrons. The van der Waals surface area contributed by atoms with Crippen molar-refractivity contribution in [2.75, 3.05) is 36.5 Å². The molecule has 1 amide bonds. The van der Waals surface area contributed by atoms with Crippen molar-refractivity contribution in [1.29, 1.82) is 0 Å². The highest BCUT2D eigenvalue weighted by Crippen LogP contribution is 2.30. The number of aryl methyl sites for hydroxylation is 1. The number of nitrogens with zero attached hydrogens (tertiary/aromatic N) is 5. The summed E-state index contributed by atoms with van der Waals surface area (Å²) in [6.07, 6.45) is 0. The van der Waals surface area contributed by atoms with E-state index in [1.54, 1.807) is 11.8 Å². The number of nitrogens with one attached hydrogen (secondary N) is 1. The SMILES string of the molecule is CC(=O)Nc1nc(CSc2nnc(N3CCOCC3)n2-c2cccc(C)c2)cs1. The summed E-state index contributed by atoms with van der Waals surface area (Å²) in [5.74, 6) is 1.36. The van der Waals surface area contributed by atoms with Crippen molar-refractivity contribution in [3.63, 3.8) is 0 Å². The number of carbonyl (C=O) groups excluding carboxylic acids is 1. The molecule has 1 N–H and O–H groups in total. The predicted octanol–water partition coefficient (Wildman–Crippen LogP) is 3.12. The maximum atomic E-state index is 11.2. The van der Waals surface area contributed by atoms with E-state index in [4.69, 9.17) is 4.74 Å². The van der Waals surface area contributed by atoms with Crippen LogP contribution in [0.2, 0.25) is 0 Å². The minimum absolute atomic E-state index is 0.118. The molecule has 1 fully saturated rings. The number of anilines is 2. The predicted molar refractivity (Wildman–Crippen MR) is 115 cm³/mol. The smallest absolute Gasteiger partial charge is 0.232 e. The molecule has 29 heavy (non-hydrogen) atoms. The van der Waals surface area contributed by atoms with Crippen LogP contribution in [-0.2, 0) is 15.3 Å². The fraction of sp³-hybridized carbons (Fsp3) is 0.368. The topological polar surface area (TPSA) is 85.2 Å². The molecule has 4 rings (SSSR count). The largest absolute Gasteiger partial charge is 0.378 e. The molecule has 0 bridgehead atoms. The lowest BCUT2D eigenvalue weighted by Crippen LogP contribution is -2.37. The fourth-order valence-electron chi connectivity index (χ4n) is 3.04. The molecule has 0 atom stereocenters. The molecular formula is C19H22N6O2S2. The summed E-state index contributed by atoms with van der Waals surface area (Å²) in [6, 6.07) is 8.33. The van der Waals surface area contributed by atoms with Gasteiger partial charge in [-0.15, -0.1) is 21.5 Å². The van der Waals surface area contributed by atoms with E-state index in [0.717, 1.165) is 35.6 Å². The van der Waals surface area contributed by atoms with E-state index >= 15 is 0 Å². The van der Waals surface area contributed by atoms with Gasteiger partial charge in [-0.1, -0.05) is 23.9 Å². The Kier molecular flexibility index (Phi) is 6.12. The zero-order valence-corrected chi connectivity index (χ0v) is 17.9. The first kappa shape index (κ1) is 19.9. The minimum Gasteiger partial charge on any atom is -0.378 e. The molecule has 10 heteroatoms. The molecule has 2 aromatic heterocycles. The third-order valence-corrected chi connectivity index (χ3v) is 6.12. The summed E-state index contributed by atoms with van der Waals surface area (Å²) in [5, 5.41) is 15.1. The first-order chi connectivity index (χ1) is 14.1. The third kappa shape index (κ3) is 4.77. The number of thioether (sulfide) groups is 1. The number of amides is 1. The molecule has 3 aromatic rings. The van der Waals surface area contributed by atoms with Gasteiger partial charge in [0.15, 0.2) is 10.3 Å². The Hall–Kier alpha value is -2.43. The summed E-state index contributed by atoms with van der Waals surface area (Å²) in [6.45, 7) is 6.52. The highest BCUT2D eigenvalue weighted by molar-refractivity contribution is 7.98. The van der Waals surface area contributed by atoms with Crippen LogP contribution in [0.5, 0.6) is 0 Å². The van der Waals surface area contributed by atoms with Gasteiger partial charge in [0.2, 0.25) is 11.9 Å². The maximum Gasteiger partial charge on any atom is 0.232 e. The van der Waals surface area contributed by atoms with Crippen LogP contribution in [-0.4, -0.2) is 52.0 Å². The summed E-state index contributed by atoms with van der Waals surface area (Å²) in [5.41, 5.74) is 3.12. The van der Waals surface area contributed by atoms with Crippen LogP contribution < -0.4 is 10.2 Å². The van der Waals surface area contributed by atoms with Gasteiger partial charge in [0.25, 0.3) is 0 Å². The third-order valence-electron chi connectivity index (χ3n) is 4.35. The van der Waals surface area contributed by atoms with Crippen LogP contribution in [0.25, 0.3) is 5.69 Å². The van der Waals surface area contributed by atoms with Gasteiger partial charge in [-0.05, 0) is 24.6 Å². The number of hydrogen-bond donors (Lipinski definition) is 1. The molecule has 152 valence electrons. The lowest BCUT2D eigenvalue weighted by atomic mass is 10.2. The summed E-state index contributed by atoms with van der Waals surface area (Å²) in [7, 11) is 0. The molecule has 0 unspecified atom stereocenters. The van der Waals surface area contributed by atoms with Crippen molar-refractivity contribution in [2.24, 2.45) is 0 Å². The first-order valence-electron chi connectivity index (χ1n) is 9.30. The van der Waals surface area contributed by atoms with Crippen molar-refractivity contribution in [3.8, 4) is 5.69 Å². The second-order valence-corrected chi connectivity index (χ2v) is 8.47. The Morgan fingerprint density at radius 3 is 2.90 bits per heavy atom. The van der Waals surface area contributed by atoms with Crippen LogP contribution in [0.3, 0.4) is 0 Å². The maximum absolute atomic E-state index is 11.2. The van der Waals surface area contributed by atoms with Gasteiger partial charge in [-0.2, -0.15) is 0 Å². The molecule has 0 aliphatic carbocycles. The Morgan fingerprint density at radius 1 is 1.31 bits per heavy atom. The quantitative estimate of drug-likeness (QED) is 0.602. The highest BCUT2D eigenvalue weighted by atomic mass is 32.2. The molecule has 1 saturated heterocycles. The molecule has 8 nitrogen and oxygen atoms in total. The van der Waals surface area contributed by atoms with E-state index in [-0.39, 0.29) is 5.91 Å². The average molecular weight is 431 g/mol. The number of aromatic nitrogens is 4. The Balaban J connectivity index is 1.60. The second kappa shape index (κ2) is 8.93. The van der Waals surface area contributed by atoms with Crippen LogP contribution in [0.4, 0.5) is 11.1 Å². The van der Waals surface area contributed by atoms with Gasteiger partial charge in [0.1, 0.15) is 0 Å². The normalized spacial score (nSPS) is 14.2. The molecule has 1 aliphatic rings. The van der Waals surface area contributed by atoms with Crippen molar-refractivity contribution in [2.45, 2.75) is 24.8 Å². The lowest BCUT2D eigenvalue weighted by molar-refractivity contribution is -0.114. The Labute approximate surface area is 177 Å². The van der Waals surface area contributed by atoms with E-state index < -0.39 is 0 Å². The standard InChI is InChI=1S/C19H22N6O2S2/c1-13-4-3-5-16(10-13)25-18(24-6-8-27-9-7-24)22-23-19(25)29-12-15-11-28-17(21-15)20-14(2)26/h3-5,10-11H,6-9,12H2,1-2H3,(H,20,21,26). The number of hydrogen-bond acceptors (Lipinski definition) is 8. The van der Waals surface area contributed by atoms with Crippen LogP contribution in [0, 0.1) is 6.92 Å². The van der Waals surface area contributed by atoms with Crippen molar-refractivity contribution in [1.82, 2.24) is 19.7 Å². The first-order valence-corrected chi connectivity index (χ1v) is 11.2. The summed E-state index contributed by atoms with van der Waals surface area (Å²) in [4.78, 5) is 17.9. The van der Waals surface area contributed by atoms with E-state index in [1.807, 2.05) is 11.4 Å². The van der Waals surface area contributed by atoms with Gasteiger partial charge >= 0.3 is 0 Å². The van der Waals surface area contributed by atoms with Crippen molar-refractivity contribution >= 4 is 40.1 Å². The fourth-order valence-corrected chi connectivity index (χ4v) is 4.74. The van der Waals surface area contributed by atoms with Crippen molar-refractivity contribution < 1.29 is 9.53 Å². The number of carbonyl (C=O) groups is 1. The van der Waals surface area contributed by atoms with Crippen LogP contribution >= 0.6 is 23.1 Å². The average Bonchev–Trinajstić information content (AvgIpc) is 3.33. The zero-order valence-electron chi connectivity index (χ0n) is 16.3. The van der Waals surface area contributed by atoms with Gasteiger partial charge in [0.05, 0.1) is 24.6 Å². The highest BCUT2D eigenvalue weighted by Gasteiger charge is 2.22.